The van der Waals surface area contributed by atoms with Crippen molar-refractivity contribution in [3.05, 3.63) is 30.4 Å². The predicted molar refractivity (Wildman–Crippen MR) is 48.3 cm³/mol. The van der Waals surface area contributed by atoms with Crippen LogP contribution < -0.4 is 5.32 Å². The summed E-state index contributed by atoms with van der Waals surface area (Å²) in [7, 11) is 0. The van der Waals surface area contributed by atoms with Gasteiger partial charge in [-0.2, -0.15) is 4.98 Å². The molecule has 0 aliphatic carbocycles. The Morgan fingerprint density at radius 3 is 3.21 bits per heavy atom. The van der Waals surface area contributed by atoms with E-state index < -0.39 is 0 Å². The molecule has 0 spiro atoms. The third kappa shape index (κ3) is 2.40. The van der Waals surface area contributed by atoms with Crippen LogP contribution in [-0.2, 0) is 13.0 Å². The Morgan fingerprint density at radius 2 is 2.50 bits per heavy atom. The van der Waals surface area contributed by atoms with Crippen molar-refractivity contribution >= 4 is 0 Å². The molecule has 0 amide bonds. The van der Waals surface area contributed by atoms with E-state index in [1.165, 1.54) is 6.39 Å². The van der Waals surface area contributed by atoms with Crippen LogP contribution in [0.5, 0.6) is 0 Å². The number of H-pyrrole nitrogens is 1. The highest BCUT2D eigenvalue weighted by atomic mass is 16.5. The van der Waals surface area contributed by atoms with Crippen LogP contribution in [0.2, 0.25) is 0 Å². The average molecular weight is 193 g/mol. The maximum absolute atomic E-state index is 4.61. The molecule has 2 rings (SSSR count). The predicted octanol–water partition coefficient (Wildman–Crippen LogP) is 0.125. The average Bonchev–Trinajstić information content (AvgIpc) is 2.86. The highest BCUT2D eigenvalue weighted by Gasteiger charge is 1.97. The van der Waals surface area contributed by atoms with Crippen molar-refractivity contribution in [2.24, 2.45) is 0 Å². The van der Waals surface area contributed by atoms with Gasteiger partial charge in [0, 0.05) is 31.4 Å². The normalized spacial score (nSPS) is 10.6. The second kappa shape index (κ2) is 4.52. The molecule has 2 heterocycles. The van der Waals surface area contributed by atoms with Gasteiger partial charge in [0.1, 0.15) is 0 Å². The highest BCUT2D eigenvalue weighted by Crippen LogP contribution is 1.91. The summed E-state index contributed by atoms with van der Waals surface area (Å²) in [4.78, 5) is 10.8. The van der Waals surface area contributed by atoms with E-state index in [-0.39, 0.29) is 0 Å². The van der Waals surface area contributed by atoms with Gasteiger partial charge >= 0.3 is 0 Å². The summed E-state index contributed by atoms with van der Waals surface area (Å²) < 4.78 is 4.61. The summed E-state index contributed by atoms with van der Waals surface area (Å²) in [6, 6.07) is 0. The SMILES string of the molecule is c1ncc(CNCCc2ncon2)[nH]1. The lowest BCUT2D eigenvalue weighted by Crippen LogP contribution is -2.17. The molecule has 0 fully saturated rings. The lowest BCUT2D eigenvalue weighted by molar-refractivity contribution is 0.409. The molecule has 0 atom stereocenters. The van der Waals surface area contributed by atoms with Gasteiger partial charge in [0.2, 0.25) is 6.39 Å². The second-order valence-electron chi connectivity index (χ2n) is 2.85. The fourth-order valence-corrected chi connectivity index (χ4v) is 1.11. The van der Waals surface area contributed by atoms with Crippen molar-refractivity contribution in [2.45, 2.75) is 13.0 Å². The van der Waals surface area contributed by atoms with Gasteiger partial charge < -0.3 is 14.8 Å². The smallest absolute Gasteiger partial charge is 0.213 e. The minimum absolute atomic E-state index is 0.724. The maximum atomic E-state index is 4.61. The lowest BCUT2D eigenvalue weighted by atomic mass is 10.4. The monoisotopic (exact) mass is 193 g/mol. The topological polar surface area (TPSA) is 79.6 Å². The fourth-order valence-electron chi connectivity index (χ4n) is 1.11. The summed E-state index contributed by atoms with van der Waals surface area (Å²) in [5.41, 5.74) is 1.07. The third-order valence-electron chi connectivity index (χ3n) is 1.80. The van der Waals surface area contributed by atoms with E-state index in [0.29, 0.717) is 0 Å². The van der Waals surface area contributed by atoms with E-state index >= 15 is 0 Å². The fraction of sp³-hybridized carbons (Fsp3) is 0.375. The van der Waals surface area contributed by atoms with Gasteiger partial charge in [-0.1, -0.05) is 5.16 Å². The first kappa shape index (κ1) is 8.89. The largest absolute Gasteiger partial charge is 0.347 e. The number of rotatable bonds is 5. The Kier molecular flexibility index (Phi) is 2.87. The molecule has 2 N–H and O–H groups in total. The number of imidazole rings is 1. The first-order chi connectivity index (χ1) is 6.95. The standard InChI is InChI=1S/C8H11N5O/c1(8-12-6-14-13-8)2-9-3-7-4-10-5-11-7/h4-6,9H,1-3H2,(H,10,11). The highest BCUT2D eigenvalue weighted by molar-refractivity contribution is 4.93. The van der Waals surface area contributed by atoms with Crippen molar-refractivity contribution < 1.29 is 4.52 Å². The third-order valence-corrected chi connectivity index (χ3v) is 1.80. The van der Waals surface area contributed by atoms with Crippen LogP contribution >= 0.6 is 0 Å². The summed E-state index contributed by atoms with van der Waals surface area (Å²) in [5, 5.41) is 6.94. The zero-order chi connectivity index (χ0) is 9.64. The second-order valence-corrected chi connectivity index (χ2v) is 2.85. The summed E-state index contributed by atoms with van der Waals surface area (Å²) in [6.45, 7) is 1.59. The van der Waals surface area contributed by atoms with Crippen LogP contribution in [0, 0.1) is 0 Å². The van der Waals surface area contributed by atoms with Crippen LogP contribution in [-0.4, -0.2) is 26.7 Å². The molecule has 6 nitrogen and oxygen atoms in total. The molecule has 74 valence electrons. The van der Waals surface area contributed by atoms with Crippen LogP contribution in [0.3, 0.4) is 0 Å². The van der Waals surface area contributed by atoms with Gasteiger partial charge in [-0.15, -0.1) is 0 Å². The zero-order valence-electron chi connectivity index (χ0n) is 7.60. The number of aromatic amines is 1. The van der Waals surface area contributed by atoms with Crippen LogP contribution in [0.4, 0.5) is 0 Å². The molecule has 0 aromatic carbocycles. The van der Waals surface area contributed by atoms with Crippen molar-refractivity contribution in [3.63, 3.8) is 0 Å². The molecule has 0 unspecified atom stereocenters. The minimum Gasteiger partial charge on any atom is -0.347 e. The Morgan fingerprint density at radius 1 is 1.50 bits per heavy atom. The van der Waals surface area contributed by atoms with Crippen molar-refractivity contribution in [1.82, 2.24) is 25.4 Å². The molecule has 0 aliphatic rings. The van der Waals surface area contributed by atoms with E-state index in [1.807, 2.05) is 0 Å². The molecular weight excluding hydrogens is 182 g/mol. The van der Waals surface area contributed by atoms with Crippen molar-refractivity contribution in [3.8, 4) is 0 Å². The van der Waals surface area contributed by atoms with Gasteiger partial charge in [-0.3, -0.25) is 0 Å². The Balaban J connectivity index is 1.65. The Labute approximate surface area is 80.7 Å². The van der Waals surface area contributed by atoms with E-state index in [4.69, 9.17) is 0 Å². The summed E-state index contributed by atoms with van der Waals surface area (Å²) in [6.07, 6.45) is 5.56. The summed E-state index contributed by atoms with van der Waals surface area (Å²) >= 11 is 0. The molecule has 0 radical (unpaired) electrons. The molecule has 6 heteroatoms. The Bertz CT molecular complexity index is 305. The quantitative estimate of drug-likeness (QED) is 0.659. The first-order valence-corrected chi connectivity index (χ1v) is 4.38. The van der Waals surface area contributed by atoms with Gasteiger partial charge in [-0.05, 0) is 0 Å². The molecular formula is C8H11N5O. The van der Waals surface area contributed by atoms with Gasteiger partial charge in [-0.25, -0.2) is 4.98 Å². The number of hydrogen-bond donors (Lipinski definition) is 2. The molecule has 0 bridgehead atoms. The molecule has 2 aromatic heterocycles. The van der Waals surface area contributed by atoms with Crippen molar-refractivity contribution in [2.75, 3.05) is 6.54 Å². The molecule has 0 aliphatic heterocycles. The van der Waals surface area contributed by atoms with Crippen LogP contribution in [0.15, 0.2) is 23.4 Å². The number of aromatic nitrogens is 4. The van der Waals surface area contributed by atoms with Gasteiger partial charge in [0.25, 0.3) is 0 Å². The van der Waals surface area contributed by atoms with Crippen LogP contribution in [0.25, 0.3) is 0 Å². The zero-order valence-corrected chi connectivity index (χ0v) is 7.60. The van der Waals surface area contributed by atoms with E-state index in [2.05, 4.69) is 29.9 Å². The summed E-state index contributed by atoms with van der Waals surface area (Å²) in [5.74, 6) is 0.724. The number of hydrogen-bond acceptors (Lipinski definition) is 5. The lowest BCUT2D eigenvalue weighted by Gasteiger charge is -1.99. The maximum Gasteiger partial charge on any atom is 0.213 e. The van der Waals surface area contributed by atoms with E-state index in [9.17, 15) is 0 Å². The number of nitrogens with zero attached hydrogens (tertiary/aromatic N) is 3. The molecule has 0 saturated carbocycles. The first-order valence-electron chi connectivity index (χ1n) is 4.38. The van der Waals surface area contributed by atoms with Crippen molar-refractivity contribution in [1.29, 1.82) is 0 Å². The van der Waals surface area contributed by atoms with E-state index in [0.717, 1.165) is 31.0 Å². The van der Waals surface area contributed by atoms with Crippen LogP contribution in [0.1, 0.15) is 11.5 Å². The Hall–Kier alpha value is -1.69. The molecule has 2 aromatic rings. The minimum atomic E-state index is 0.724. The molecule has 0 saturated heterocycles. The van der Waals surface area contributed by atoms with Gasteiger partial charge in [0.15, 0.2) is 5.82 Å². The molecule has 14 heavy (non-hydrogen) atoms. The number of nitrogens with one attached hydrogen (secondary N) is 2. The van der Waals surface area contributed by atoms with Gasteiger partial charge in [0.05, 0.1) is 6.33 Å². The van der Waals surface area contributed by atoms with E-state index in [1.54, 1.807) is 12.5 Å².